The Balaban J connectivity index is 1.72. The topological polar surface area (TPSA) is 41.6 Å². The predicted molar refractivity (Wildman–Crippen MR) is 51.0 cm³/mol. The SMILES string of the molecule is O=C1NCCN1C1CCOC1C1CC1. The van der Waals surface area contributed by atoms with Gasteiger partial charge in [0.1, 0.15) is 0 Å². The molecule has 2 aliphatic heterocycles. The Morgan fingerprint density at radius 1 is 1.36 bits per heavy atom. The van der Waals surface area contributed by atoms with Crippen LogP contribution < -0.4 is 5.32 Å². The summed E-state index contributed by atoms with van der Waals surface area (Å²) >= 11 is 0. The van der Waals surface area contributed by atoms with E-state index in [0.717, 1.165) is 32.0 Å². The van der Waals surface area contributed by atoms with Gasteiger partial charge in [-0.25, -0.2) is 4.79 Å². The number of urea groups is 1. The molecule has 0 aromatic rings. The fraction of sp³-hybridized carbons (Fsp3) is 0.900. The van der Waals surface area contributed by atoms with Gasteiger partial charge in [-0.2, -0.15) is 0 Å². The summed E-state index contributed by atoms with van der Waals surface area (Å²) in [5.74, 6) is 0.732. The van der Waals surface area contributed by atoms with Crippen LogP contribution in [0.5, 0.6) is 0 Å². The fourth-order valence-corrected chi connectivity index (χ4v) is 2.61. The molecule has 3 rings (SSSR count). The normalized spacial score (nSPS) is 37.7. The Hall–Kier alpha value is -0.770. The maximum absolute atomic E-state index is 11.5. The number of ether oxygens (including phenoxy) is 1. The van der Waals surface area contributed by atoms with Crippen molar-refractivity contribution in [3.8, 4) is 0 Å². The summed E-state index contributed by atoms with van der Waals surface area (Å²) in [7, 11) is 0. The molecular formula is C10H16N2O2. The molecule has 2 saturated heterocycles. The number of nitrogens with zero attached hydrogens (tertiary/aromatic N) is 1. The van der Waals surface area contributed by atoms with Crippen LogP contribution >= 0.6 is 0 Å². The first-order valence-electron chi connectivity index (χ1n) is 5.52. The number of nitrogens with one attached hydrogen (secondary N) is 1. The molecule has 0 spiro atoms. The molecule has 4 nitrogen and oxygen atoms in total. The van der Waals surface area contributed by atoms with Crippen molar-refractivity contribution in [3.05, 3.63) is 0 Å². The van der Waals surface area contributed by atoms with Crippen molar-refractivity contribution >= 4 is 6.03 Å². The zero-order chi connectivity index (χ0) is 9.54. The summed E-state index contributed by atoms with van der Waals surface area (Å²) in [5.41, 5.74) is 0. The summed E-state index contributed by atoms with van der Waals surface area (Å²) in [5, 5.41) is 2.86. The second kappa shape index (κ2) is 3.12. The van der Waals surface area contributed by atoms with Gasteiger partial charge in [-0.3, -0.25) is 0 Å². The molecule has 1 saturated carbocycles. The van der Waals surface area contributed by atoms with Crippen LogP contribution in [0.4, 0.5) is 4.79 Å². The average Bonchev–Trinajstić information content (AvgIpc) is 2.75. The lowest BCUT2D eigenvalue weighted by molar-refractivity contribution is 0.0606. The van der Waals surface area contributed by atoms with Crippen LogP contribution in [0.3, 0.4) is 0 Å². The minimum absolute atomic E-state index is 0.103. The number of carbonyl (C=O) groups is 1. The maximum atomic E-state index is 11.5. The van der Waals surface area contributed by atoms with Crippen molar-refractivity contribution in [1.29, 1.82) is 0 Å². The third-order valence-corrected chi connectivity index (χ3v) is 3.48. The average molecular weight is 196 g/mol. The van der Waals surface area contributed by atoms with Gasteiger partial charge in [0.05, 0.1) is 12.1 Å². The molecule has 14 heavy (non-hydrogen) atoms. The van der Waals surface area contributed by atoms with E-state index in [-0.39, 0.29) is 6.03 Å². The first kappa shape index (κ1) is 8.53. The molecular weight excluding hydrogens is 180 g/mol. The quantitative estimate of drug-likeness (QED) is 0.702. The van der Waals surface area contributed by atoms with Crippen molar-refractivity contribution in [3.63, 3.8) is 0 Å². The highest BCUT2D eigenvalue weighted by Gasteiger charge is 2.45. The lowest BCUT2D eigenvalue weighted by Gasteiger charge is -2.26. The molecule has 3 fully saturated rings. The fourth-order valence-electron chi connectivity index (χ4n) is 2.61. The van der Waals surface area contributed by atoms with E-state index in [1.165, 1.54) is 12.8 Å². The van der Waals surface area contributed by atoms with E-state index in [2.05, 4.69) is 5.32 Å². The van der Waals surface area contributed by atoms with Crippen molar-refractivity contribution < 1.29 is 9.53 Å². The largest absolute Gasteiger partial charge is 0.376 e. The molecule has 4 heteroatoms. The van der Waals surface area contributed by atoms with E-state index >= 15 is 0 Å². The van der Waals surface area contributed by atoms with E-state index in [4.69, 9.17) is 4.74 Å². The van der Waals surface area contributed by atoms with E-state index in [1.807, 2.05) is 4.90 Å². The lowest BCUT2D eigenvalue weighted by atomic mass is 10.1. The van der Waals surface area contributed by atoms with Gasteiger partial charge in [-0.15, -0.1) is 0 Å². The molecule has 1 aliphatic carbocycles. The Morgan fingerprint density at radius 2 is 2.21 bits per heavy atom. The lowest BCUT2D eigenvalue weighted by Crippen LogP contribution is -2.43. The minimum Gasteiger partial charge on any atom is -0.376 e. The molecule has 78 valence electrons. The first-order chi connectivity index (χ1) is 6.86. The van der Waals surface area contributed by atoms with Crippen molar-refractivity contribution in [2.75, 3.05) is 19.7 Å². The molecule has 0 aromatic carbocycles. The monoisotopic (exact) mass is 196 g/mol. The Kier molecular flexibility index (Phi) is 1.90. The van der Waals surface area contributed by atoms with Gasteiger partial charge in [0.25, 0.3) is 0 Å². The van der Waals surface area contributed by atoms with Gasteiger partial charge in [0.2, 0.25) is 0 Å². The molecule has 0 bridgehead atoms. The zero-order valence-corrected chi connectivity index (χ0v) is 8.24. The van der Waals surface area contributed by atoms with Crippen LogP contribution in [0.25, 0.3) is 0 Å². The smallest absolute Gasteiger partial charge is 0.317 e. The first-order valence-corrected chi connectivity index (χ1v) is 5.52. The molecule has 2 unspecified atom stereocenters. The van der Waals surface area contributed by atoms with Gasteiger partial charge in [-0.05, 0) is 25.2 Å². The molecule has 2 heterocycles. The number of hydrogen-bond acceptors (Lipinski definition) is 2. The predicted octanol–water partition coefficient (Wildman–Crippen LogP) is 0.579. The van der Waals surface area contributed by atoms with Crippen molar-refractivity contribution in [2.24, 2.45) is 5.92 Å². The van der Waals surface area contributed by atoms with E-state index < -0.39 is 0 Å². The van der Waals surface area contributed by atoms with Gasteiger partial charge >= 0.3 is 6.03 Å². The number of amides is 2. The molecule has 0 aromatic heterocycles. The van der Waals surface area contributed by atoms with Crippen LogP contribution in [0.2, 0.25) is 0 Å². The number of carbonyl (C=O) groups excluding carboxylic acids is 1. The molecule has 3 aliphatic rings. The molecule has 2 amide bonds. The summed E-state index contributed by atoms with van der Waals surface area (Å²) in [6.45, 7) is 2.48. The van der Waals surface area contributed by atoms with Gasteiger partial charge < -0.3 is 15.0 Å². The van der Waals surface area contributed by atoms with Gasteiger partial charge in [0, 0.05) is 19.7 Å². The maximum Gasteiger partial charge on any atom is 0.317 e. The van der Waals surface area contributed by atoms with Crippen LogP contribution in [0.1, 0.15) is 19.3 Å². The third-order valence-electron chi connectivity index (χ3n) is 3.48. The highest BCUT2D eigenvalue weighted by molar-refractivity contribution is 5.76. The standard InChI is InChI=1S/C10H16N2O2/c13-10-11-4-5-12(10)8-3-6-14-9(8)7-1-2-7/h7-9H,1-6H2,(H,11,13). The third kappa shape index (κ3) is 1.29. The van der Waals surface area contributed by atoms with Crippen molar-refractivity contribution in [1.82, 2.24) is 10.2 Å². The van der Waals surface area contributed by atoms with Crippen LogP contribution in [0.15, 0.2) is 0 Å². The zero-order valence-electron chi connectivity index (χ0n) is 8.24. The summed E-state index contributed by atoms with van der Waals surface area (Å²) in [6.07, 6.45) is 3.93. The Morgan fingerprint density at radius 3 is 2.86 bits per heavy atom. The molecule has 1 N–H and O–H groups in total. The highest BCUT2D eigenvalue weighted by atomic mass is 16.5. The van der Waals surface area contributed by atoms with Crippen LogP contribution in [-0.2, 0) is 4.74 Å². The second-order valence-corrected chi connectivity index (χ2v) is 4.45. The van der Waals surface area contributed by atoms with E-state index in [1.54, 1.807) is 0 Å². The Bertz CT molecular complexity index is 253. The highest BCUT2D eigenvalue weighted by Crippen LogP contribution is 2.40. The summed E-state index contributed by atoms with van der Waals surface area (Å²) in [4.78, 5) is 13.5. The molecule has 0 radical (unpaired) electrons. The Labute approximate surface area is 83.6 Å². The van der Waals surface area contributed by atoms with Crippen LogP contribution in [-0.4, -0.2) is 42.8 Å². The summed E-state index contributed by atoms with van der Waals surface area (Å²) in [6, 6.07) is 0.455. The van der Waals surface area contributed by atoms with Crippen LogP contribution in [0, 0.1) is 5.92 Å². The number of hydrogen-bond donors (Lipinski definition) is 1. The van der Waals surface area contributed by atoms with Gasteiger partial charge in [-0.1, -0.05) is 0 Å². The van der Waals surface area contributed by atoms with E-state index in [0.29, 0.717) is 12.1 Å². The van der Waals surface area contributed by atoms with Gasteiger partial charge in [0.15, 0.2) is 0 Å². The summed E-state index contributed by atoms with van der Waals surface area (Å²) < 4.78 is 5.73. The molecule has 2 atom stereocenters. The van der Waals surface area contributed by atoms with Crippen molar-refractivity contribution in [2.45, 2.75) is 31.4 Å². The van der Waals surface area contributed by atoms with E-state index in [9.17, 15) is 4.79 Å². The second-order valence-electron chi connectivity index (χ2n) is 4.45. The number of rotatable bonds is 2. The minimum atomic E-state index is 0.103.